The van der Waals surface area contributed by atoms with Crippen LogP contribution in [0, 0.1) is 0 Å². The van der Waals surface area contributed by atoms with Crippen LogP contribution >= 0.6 is 0 Å². The number of carbonyl (C=O) groups is 2. The Morgan fingerprint density at radius 3 is 2.73 bits per heavy atom. The van der Waals surface area contributed by atoms with Gasteiger partial charge in [0.1, 0.15) is 0 Å². The van der Waals surface area contributed by atoms with Gasteiger partial charge in [0.05, 0.1) is 0 Å². The van der Waals surface area contributed by atoms with Crippen LogP contribution < -0.4 is 0 Å². The fourth-order valence-corrected chi connectivity index (χ4v) is 1.53. The predicted octanol–water partition coefficient (Wildman–Crippen LogP) is 2.76. The summed E-state index contributed by atoms with van der Waals surface area (Å²) in [5.74, 6) is 0.0354. The Morgan fingerprint density at radius 1 is 1.40 bits per heavy atom. The highest BCUT2D eigenvalue weighted by Gasteiger charge is 2.09. The van der Waals surface area contributed by atoms with Crippen molar-refractivity contribution in [2.75, 3.05) is 0 Å². The third-order valence-corrected chi connectivity index (χ3v) is 2.27. The van der Waals surface area contributed by atoms with Crippen LogP contribution in [0.25, 0.3) is 0 Å². The van der Waals surface area contributed by atoms with E-state index >= 15 is 0 Å². The topological polar surface area (TPSA) is 34.1 Å². The lowest BCUT2D eigenvalue weighted by Gasteiger charge is -2.10. The van der Waals surface area contributed by atoms with Crippen LogP contribution in [0.5, 0.6) is 0 Å². The molecule has 1 rings (SSSR count). The minimum absolute atomic E-state index is 0.0156. The van der Waals surface area contributed by atoms with Crippen LogP contribution in [0.3, 0.4) is 0 Å². The van der Waals surface area contributed by atoms with Crippen molar-refractivity contribution in [2.45, 2.75) is 33.1 Å². The van der Waals surface area contributed by atoms with Crippen molar-refractivity contribution >= 4 is 11.6 Å². The molecule has 0 N–H and O–H groups in total. The van der Waals surface area contributed by atoms with E-state index in [-0.39, 0.29) is 11.6 Å². The van der Waals surface area contributed by atoms with Crippen molar-refractivity contribution in [3.05, 3.63) is 35.5 Å². The van der Waals surface area contributed by atoms with Gasteiger partial charge in [-0.15, -0.1) is 0 Å². The van der Waals surface area contributed by atoms with Crippen molar-refractivity contribution in [3.8, 4) is 0 Å². The molecule has 0 aromatic heterocycles. The van der Waals surface area contributed by atoms with Gasteiger partial charge in [-0.05, 0) is 49.1 Å². The molecule has 1 aliphatic carbocycles. The second-order valence-corrected chi connectivity index (χ2v) is 3.72. The minimum Gasteiger partial charge on any atom is -0.295 e. The number of unbranched alkanes of at least 4 members (excludes halogenated alkanes) is 1. The highest BCUT2D eigenvalue weighted by Crippen LogP contribution is 2.21. The SMILES string of the molecule is CCCCC1=CC(=O)C=CC1=CC(C)=O. The Kier molecular flexibility index (Phi) is 4.22. The number of allylic oxidation sites excluding steroid dienone is 6. The molecule has 0 atom stereocenters. The number of rotatable bonds is 4. The first-order valence-electron chi connectivity index (χ1n) is 5.28. The summed E-state index contributed by atoms with van der Waals surface area (Å²) in [6, 6.07) is 0. The normalized spacial score (nSPS) is 18.1. The number of hydrogen-bond donors (Lipinski definition) is 0. The van der Waals surface area contributed by atoms with Crippen LogP contribution in [-0.2, 0) is 9.59 Å². The van der Waals surface area contributed by atoms with Gasteiger partial charge in [0.2, 0.25) is 0 Å². The van der Waals surface area contributed by atoms with Crippen molar-refractivity contribution in [1.82, 2.24) is 0 Å². The molecule has 1 aliphatic rings. The number of ketones is 2. The van der Waals surface area contributed by atoms with E-state index in [1.54, 1.807) is 18.2 Å². The second kappa shape index (κ2) is 5.44. The Morgan fingerprint density at radius 2 is 2.13 bits per heavy atom. The van der Waals surface area contributed by atoms with E-state index in [1.165, 1.54) is 13.0 Å². The molecule has 0 unspecified atom stereocenters. The molecule has 0 radical (unpaired) electrons. The summed E-state index contributed by atoms with van der Waals surface area (Å²) in [7, 11) is 0. The van der Waals surface area contributed by atoms with Gasteiger partial charge in [-0.1, -0.05) is 19.4 Å². The molecule has 0 saturated carbocycles. The molecule has 80 valence electrons. The number of hydrogen-bond acceptors (Lipinski definition) is 2. The summed E-state index contributed by atoms with van der Waals surface area (Å²) in [6.45, 7) is 3.63. The molecule has 2 heteroatoms. The molecular formula is C13H16O2. The second-order valence-electron chi connectivity index (χ2n) is 3.72. The van der Waals surface area contributed by atoms with Crippen molar-refractivity contribution in [2.24, 2.45) is 0 Å². The van der Waals surface area contributed by atoms with E-state index in [0.29, 0.717) is 0 Å². The number of carbonyl (C=O) groups excluding carboxylic acids is 2. The average molecular weight is 204 g/mol. The molecule has 0 fully saturated rings. The van der Waals surface area contributed by atoms with Crippen molar-refractivity contribution in [1.29, 1.82) is 0 Å². The van der Waals surface area contributed by atoms with Gasteiger partial charge in [0.15, 0.2) is 11.6 Å². The van der Waals surface area contributed by atoms with Crippen LogP contribution in [-0.4, -0.2) is 11.6 Å². The standard InChI is InChI=1S/C13H16O2/c1-3-4-5-11-9-13(15)7-6-12(11)8-10(2)14/h6-9H,3-5H2,1-2H3. The minimum atomic E-state index is 0.0156. The molecule has 0 heterocycles. The lowest BCUT2D eigenvalue weighted by Crippen LogP contribution is -2.01. The molecule has 0 aromatic carbocycles. The maximum atomic E-state index is 11.2. The smallest absolute Gasteiger partial charge is 0.178 e. The highest BCUT2D eigenvalue weighted by molar-refractivity contribution is 6.03. The third kappa shape index (κ3) is 3.66. The van der Waals surface area contributed by atoms with Crippen LogP contribution in [0.2, 0.25) is 0 Å². The Bertz CT molecular complexity index is 357. The quantitative estimate of drug-likeness (QED) is 0.660. The first-order valence-corrected chi connectivity index (χ1v) is 5.28. The molecule has 0 aliphatic heterocycles. The third-order valence-electron chi connectivity index (χ3n) is 2.27. The van der Waals surface area contributed by atoms with Crippen LogP contribution in [0.15, 0.2) is 35.5 Å². The molecule has 0 saturated heterocycles. The van der Waals surface area contributed by atoms with Crippen LogP contribution in [0.4, 0.5) is 0 Å². The zero-order chi connectivity index (χ0) is 11.3. The lowest BCUT2D eigenvalue weighted by molar-refractivity contribution is -0.113. The summed E-state index contributed by atoms with van der Waals surface area (Å²) >= 11 is 0. The fourth-order valence-electron chi connectivity index (χ4n) is 1.53. The van der Waals surface area contributed by atoms with E-state index in [1.807, 2.05) is 0 Å². The molecule has 15 heavy (non-hydrogen) atoms. The fraction of sp³-hybridized carbons (Fsp3) is 0.385. The lowest BCUT2D eigenvalue weighted by atomic mass is 9.94. The molecule has 0 spiro atoms. The van der Waals surface area contributed by atoms with Gasteiger partial charge in [-0.25, -0.2) is 0 Å². The van der Waals surface area contributed by atoms with E-state index in [0.717, 1.165) is 30.4 Å². The Hall–Kier alpha value is -1.44. The highest BCUT2D eigenvalue weighted by atomic mass is 16.1. The van der Waals surface area contributed by atoms with Gasteiger partial charge in [-0.2, -0.15) is 0 Å². The van der Waals surface area contributed by atoms with E-state index < -0.39 is 0 Å². The molecule has 0 bridgehead atoms. The summed E-state index contributed by atoms with van der Waals surface area (Å²) in [4.78, 5) is 22.2. The van der Waals surface area contributed by atoms with E-state index in [2.05, 4.69) is 6.92 Å². The van der Waals surface area contributed by atoms with Gasteiger partial charge in [0, 0.05) is 0 Å². The molecule has 2 nitrogen and oxygen atoms in total. The van der Waals surface area contributed by atoms with E-state index in [9.17, 15) is 9.59 Å². The largest absolute Gasteiger partial charge is 0.295 e. The van der Waals surface area contributed by atoms with E-state index in [4.69, 9.17) is 0 Å². The Labute approximate surface area is 90.4 Å². The maximum absolute atomic E-state index is 11.2. The first kappa shape index (κ1) is 11.6. The maximum Gasteiger partial charge on any atom is 0.178 e. The summed E-state index contributed by atoms with van der Waals surface area (Å²) < 4.78 is 0. The average Bonchev–Trinajstić information content (AvgIpc) is 2.18. The first-order chi connectivity index (χ1) is 7.13. The van der Waals surface area contributed by atoms with Gasteiger partial charge in [0.25, 0.3) is 0 Å². The molecule has 0 amide bonds. The van der Waals surface area contributed by atoms with Gasteiger partial charge < -0.3 is 0 Å². The summed E-state index contributed by atoms with van der Waals surface area (Å²) in [5.41, 5.74) is 1.87. The zero-order valence-corrected chi connectivity index (χ0v) is 9.25. The summed E-state index contributed by atoms with van der Waals surface area (Å²) in [5, 5.41) is 0. The Balaban J connectivity index is 2.86. The molecular weight excluding hydrogens is 188 g/mol. The van der Waals surface area contributed by atoms with Crippen molar-refractivity contribution < 1.29 is 9.59 Å². The van der Waals surface area contributed by atoms with Gasteiger partial charge in [-0.3, -0.25) is 9.59 Å². The molecule has 0 aromatic rings. The summed E-state index contributed by atoms with van der Waals surface area (Å²) in [6.07, 6.45) is 9.45. The van der Waals surface area contributed by atoms with Crippen LogP contribution in [0.1, 0.15) is 33.1 Å². The van der Waals surface area contributed by atoms with Gasteiger partial charge >= 0.3 is 0 Å². The zero-order valence-electron chi connectivity index (χ0n) is 9.25. The predicted molar refractivity (Wildman–Crippen MR) is 60.5 cm³/mol. The monoisotopic (exact) mass is 204 g/mol. The van der Waals surface area contributed by atoms with Crippen molar-refractivity contribution in [3.63, 3.8) is 0 Å².